The van der Waals surface area contributed by atoms with E-state index in [-0.39, 0.29) is 0 Å². The van der Waals surface area contributed by atoms with Crippen molar-refractivity contribution in [1.29, 1.82) is 0 Å². The van der Waals surface area contributed by atoms with Crippen LogP contribution in [0.4, 0.5) is 0 Å². The molecule has 0 bridgehead atoms. The highest BCUT2D eigenvalue weighted by molar-refractivity contribution is 7.98. The predicted octanol–water partition coefficient (Wildman–Crippen LogP) is 4.28. The van der Waals surface area contributed by atoms with Crippen LogP contribution >= 0.6 is 23.4 Å². The molecule has 3 aromatic rings. The normalized spacial score (nSPS) is 10.9. The molecule has 3 nitrogen and oxygen atoms in total. The van der Waals surface area contributed by atoms with Crippen LogP contribution in [0.5, 0.6) is 0 Å². The monoisotopic (exact) mass is 301 g/mol. The van der Waals surface area contributed by atoms with Gasteiger partial charge in [-0.2, -0.15) is 0 Å². The molecule has 0 saturated heterocycles. The van der Waals surface area contributed by atoms with E-state index >= 15 is 0 Å². The average Bonchev–Trinajstić information content (AvgIpc) is 2.50. The number of thioether (sulfide) groups is 1. The summed E-state index contributed by atoms with van der Waals surface area (Å²) in [6.45, 7) is 2.03. The van der Waals surface area contributed by atoms with Gasteiger partial charge in [-0.1, -0.05) is 41.6 Å². The molecule has 2 aromatic heterocycles. The second-order valence-electron chi connectivity index (χ2n) is 4.33. The number of aromatic nitrogens is 3. The lowest BCUT2D eigenvalue weighted by molar-refractivity contribution is 0.965. The third-order valence-electron chi connectivity index (χ3n) is 3.03. The lowest BCUT2D eigenvalue weighted by Gasteiger charge is -2.09. The number of para-hydroxylation sites is 1. The molecule has 0 unspecified atom stereocenters. The quantitative estimate of drug-likeness (QED) is 0.534. The Labute approximate surface area is 126 Å². The summed E-state index contributed by atoms with van der Waals surface area (Å²) in [6.07, 6.45) is 3.46. The van der Waals surface area contributed by atoms with Crippen molar-refractivity contribution < 1.29 is 0 Å². The summed E-state index contributed by atoms with van der Waals surface area (Å²) >= 11 is 7.96. The molecule has 0 N–H and O–H groups in total. The molecule has 0 fully saturated rings. The summed E-state index contributed by atoms with van der Waals surface area (Å²) in [5.74, 6) is 0.661. The fourth-order valence-corrected chi connectivity index (χ4v) is 3.04. The minimum absolute atomic E-state index is 0.661. The van der Waals surface area contributed by atoms with E-state index in [9.17, 15) is 0 Å². The zero-order valence-corrected chi connectivity index (χ0v) is 12.4. The topological polar surface area (TPSA) is 38.7 Å². The fourth-order valence-electron chi connectivity index (χ4n) is 2.01. The Bertz CT molecular complexity index is 747. The predicted molar refractivity (Wildman–Crippen MR) is 83.1 cm³/mol. The van der Waals surface area contributed by atoms with Crippen LogP contribution in [-0.4, -0.2) is 15.0 Å². The van der Waals surface area contributed by atoms with E-state index in [0.717, 1.165) is 32.3 Å². The van der Waals surface area contributed by atoms with Crippen LogP contribution in [0.3, 0.4) is 0 Å². The standard InChI is InChI=1S/C15H12ClN3S/c1-10-11-5-2-3-6-12(11)19-13(14(10)16)9-20-15-17-7-4-8-18-15/h2-8H,9H2,1H3. The summed E-state index contributed by atoms with van der Waals surface area (Å²) in [5.41, 5.74) is 2.92. The minimum atomic E-state index is 0.661. The molecule has 2 heterocycles. The van der Waals surface area contributed by atoms with Gasteiger partial charge in [-0.05, 0) is 24.6 Å². The molecule has 3 rings (SSSR count). The summed E-state index contributed by atoms with van der Waals surface area (Å²) in [5, 5.41) is 2.56. The van der Waals surface area contributed by atoms with E-state index in [1.54, 1.807) is 18.5 Å². The molecular formula is C15H12ClN3S. The van der Waals surface area contributed by atoms with Gasteiger partial charge in [0.05, 0.1) is 16.2 Å². The van der Waals surface area contributed by atoms with Crippen molar-refractivity contribution in [3.63, 3.8) is 0 Å². The Morgan fingerprint density at radius 3 is 2.65 bits per heavy atom. The van der Waals surface area contributed by atoms with E-state index in [0.29, 0.717) is 5.75 Å². The molecule has 0 amide bonds. The van der Waals surface area contributed by atoms with E-state index in [2.05, 4.69) is 15.0 Å². The Kier molecular flexibility index (Phi) is 3.85. The van der Waals surface area contributed by atoms with Crippen molar-refractivity contribution in [2.45, 2.75) is 17.8 Å². The number of pyridine rings is 1. The van der Waals surface area contributed by atoms with Gasteiger partial charge in [0.1, 0.15) is 0 Å². The molecule has 0 atom stereocenters. The van der Waals surface area contributed by atoms with Crippen molar-refractivity contribution in [1.82, 2.24) is 15.0 Å². The average molecular weight is 302 g/mol. The zero-order valence-electron chi connectivity index (χ0n) is 10.9. The summed E-state index contributed by atoms with van der Waals surface area (Å²) in [6, 6.07) is 9.83. The van der Waals surface area contributed by atoms with Crippen LogP contribution < -0.4 is 0 Å². The number of nitrogens with zero attached hydrogens (tertiary/aromatic N) is 3. The van der Waals surface area contributed by atoms with Crippen molar-refractivity contribution in [3.8, 4) is 0 Å². The number of hydrogen-bond donors (Lipinski definition) is 0. The zero-order chi connectivity index (χ0) is 13.9. The maximum atomic E-state index is 6.42. The molecule has 0 aliphatic heterocycles. The minimum Gasteiger partial charge on any atom is -0.250 e. The number of rotatable bonds is 3. The first-order valence-electron chi connectivity index (χ1n) is 6.19. The Hall–Kier alpha value is -1.65. The van der Waals surface area contributed by atoms with Crippen molar-refractivity contribution in [2.75, 3.05) is 0 Å². The van der Waals surface area contributed by atoms with Crippen LogP contribution in [0, 0.1) is 6.92 Å². The van der Waals surface area contributed by atoms with Gasteiger partial charge in [0.25, 0.3) is 0 Å². The second-order valence-corrected chi connectivity index (χ2v) is 5.66. The van der Waals surface area contributed by atoms with Crippen LogP contribution in [0.2, 0.25) is 5.02 Å². The molecule has 0 aliphatic carbocycles. The molecule has 1 aromatic carbocycles. The summed E-state index contributed by atoms with van der Waals surface area (Å²) in [4.78, 5) is 13.0. The lowest BCUT2D eigenvalue weighted by Crippen LogP contribution is -1.95. The number of fused-ring (bicyclic) bond motifs is 1. The van der Waals surface area contributed by atoms with Gasteiger partial charge in [0, 0.05) is 23.5 Å². The van der Waals surface area contributed by atoms with E-state index in [1.807, 2.05) is 31.2 Å². The largest absolute Gasteiger partial charge is 0.250 e. The van der Waals surface area contributed by atoms with Gasteiger partial charge in [-0.25, -0.2) is 9.97 Å². The number of aryl methyl sites for hydroxylation is 1. The van der Waals surface area contributed by atoms with Gasteiger partial charge >= 0.3 is 0 Å². The van der Waals surface area contributed by atoms with Gasteiger partial charge in [-0.3, -0.25) is 4.98 Å². The highest BCUT2D eigenvalue weighted by atomic mass is 35.5. The first kappa shape index (κ1) is 13.3. The first-order valence-corrected chi connectivity index (χ1v) is 7.55. The van der Waals surface area contributed by atoms with Crippen LogP contribution in [0.1, 0.15) is 11.3 Å². The highest BCUT2D eigenvalue weighted by Gasteiger charge is 2.10. The molecule has 0 spiro atoms. The van der Waals surface area contributed by atoms with Crippen molar-refractivity contribution >= 4 is 34.3 Å². The number of hydrogen-bond acceptors (Lipinski definition) is 4. The van der Waals surface area contributed by atoms with Gasteiger partial charge in [-0.15, -0.1) is 0 Å². The smallest absolute Gasteiger partial charge is 0.187 e. The molecule has 20 heavy (non-hydrogen) atoms. The van der Waals surface area contributed by atoms with E-state index < -0.39 is 0 Å². The molecule has 0 radical (unpaired) electrons. The second kappa shape index (κ2) is 5.77. The Balaban J connectivity index is 1.94. The van der Waals surface area contributed by atoms with E-state index in [1.165, 1.54) is 11.8 Å². The Morgan fingerprint density at radius 1 is 1.10 bits per heavy atom. The van der Waals surface area contributed by atoms with Crippen LogP contribution in [0.25, 0.3) is 10.9 Å². The summed E-state index contributed by atoms with van der Waals surface area (Å²) < 4.78 is 0. The molecule has 0 saturated carbocycles. The summed E-state index contributed by atoms with van der Waals surface area (Å²) in [7, 11) is 0. The fraction of sp³-hybridized carbons (Fsp3) is 0.133. The maximum absolute atomic E-state index is 6.42. The molecule has 0 aliphatic rings. The Morgan fingerprint density at radius 2 is 1.85 bits per heavy atom. The molecule has 100 valence electrons. The van der Waals surface area contributed by atoms with Gasteiger partial charge in [0.2, 0.25) is 0 Å². The van der Waals surface area contributed by atoms with Crippen LogP contribution in [0.15, 0.2) is 47.9 Å². The number of benzene rings is 1. The molecule has 5 heteroatoms. The highest BCUT2D eigenvalue weighted by Crippen LogP contribution is 2.30. The maximum Gasteiger partial charge on any atom is 0.187 e. The van der Waals surface area contributed by atoms with Gasteiger partial charge in [0.15, 0.2) is 5.16 Å². The lowest BCUT2D eigenvalue weighted by atomic mass is 10.1. The SMILES string of the molecule is Cc1c(Cl)c(CSc2ncccn2)nc2ccccc12. The van der Waals surface area contributed by atoms with E-state index in [4.69, 9.17) is 11.6 Å². The van der Waals surface area contributed by atoms with Gasteiger partial charge < -0.3 is 0 Å². The van der Waals surface area contributed by atoms with Crippen molar-refractivity contribution in [3.05, 3.63) is 59.0 Å². The van der Waals surface area contributed by atoms with Crippen molar-refractivity contribution in [2.24, 2.45) is 0 Å². The third-order valence-corrected chi connectivity index (χ3v) is 4.41. The first-order chi connectivity index (χ1) is 9.75. The van der Waals surface area contributed by atoms with Crippen LogP contribution in [-0.2, 0) is 5.75 Å². The molecular weight excluding hydrogens is 290 g/mol. The number of halogens is 1. The third kappa shape index (κ3) is 2.62.